The van der Waals surface area contributed by atoms with Gasteiger partial charge >= 0.3 is 0 Å². The van der Waals surface area contributed by atoms with E-state index in [2.05, 4.69) is 9.97 Å². The average molecular weight is 409 g/mol. The van der Waals surface area contributed by atoms with E-state index in [1.807, 2.05) is 0 Å². The highest BCUT2D eigenvalue weighted by Crippen LogP contribution is 2.25. The highest BCUT2D eigenvalue weighted by Gasteiger charge is 2.34. The van der Waals surface area contributed by atoms with Crippen LogP contribution < -0.4 is 5.73 Å². The summed E-state index contributed by atoms with van der Waals surface area (Å²) in [6, 6.07) is 0. The molecule has 3 aliphatic rings. The molecular weight excluding hydrogens is 380 g/mol. The van der Waals surface area contributed by atoms with Crippen LogP contribution in [0.4, 0.5) is 5.95 Å². The number of rotatable bonds is 3. The number of nitrogens with zero attached hydrogens (tertiary/aromatic N) is 5. The Bertz CT molecular complexity index is 853. The van der Waals surface area contributed by atoms with Crippen molar-refractivity contribution >= 4 is 22.1 Å². The van der Waals surface area contributed by atoms with E-state index in [0.717, 1.165) is 49.8 Å². The van der Waals surface area contributed by atoms with Gasteiger partial charge in [-0.25, -0.2) is 9.97 Å². The lowest BCUT2D eigenvalue weighted by Gasteiger charge is -2.26. The van der Waals surface area contributed by atoms with Crippen molar-refractivity contribution in [2.24, 2.45) is 0 Å². The van der Waals surface area contributed by atoms with Gasteiger partial charge in [0.2, 0.25) is 5.95 Å². The maximum absolute atomic E-state index is 13.2. The summed E-state index contributed by atoms with van der Waals surface area (Å²) in [6.45, 7) is 2.82. The third kappa shape index (κ3) is 3.72. The maximum atomic E-state index is 13.2. The highest BCUT2D eigenvalue weighted by atomic mass is 32.2. The number of carbonyl (C=O) groups is 1. The van der Waals surface area contributed by atoms with Crippen molar-refractivity contribution in [1.82, 2.24) is 23.5 Å². The lowest BCUT2D eigenvalue weighted by atomic mass is 9.94. The van der Waals surface area contributed by atoms with Crippen LogP contribution in [0.2, 0.25) is 0 Å². The molecule has 1 aromatic rings. The molecule has 0 aromatic carbocycles. The molecule has 1 aliphatic carbocycles. The fourth-order valence-electron chi connectivity index (χ4n) is 4.35. The number of aryl methyl sites for hydroxylation is 1. The first kappa shape index (κ1) is 19.5. The summed E-state index contributed by atoms with van der Waals surface area (Å²) in [5.74, 6) is -0.0234. The number of carbonyl (C=O) groups excluding carboxylic acids is 1. The normalized spacial score (nSPS) is 22.1. The molecule has 1 amide bonds. The van der Waals surface area contributed by atoms with Gasteiger partial charge in [-0.1, -0.05) is 0 Å². The minimum Gasteiger partial charge on any atom is -0.368 e. The SMILES string of the molecule is Nc1nc2c(c(C(=O)N3CCCN(S(=O)(=O)N4CCCC4)CC3)n1)CCCC2. The fraction of sp³-hybridized carbons (Fsp3) is 0.722. The smallest absolute Gasteiger partial charge is 0.282 e. The van der Waals surface area contributed by atoms with Crippen molar-refractivity contribution in [3.05, 3.63) is 17.0 Å². The third-order valence-corrected chi connectivity index (χ3v) is 7.90. The monoisotopic (exact) mass is 408 g/mol. The Labute approximate surface area is 166 Å². The van der Waals surface area contributed by atoms with E-state index >= 15 is 0 Å². The second-order valence-electron chi connectivity index (χ2n) is 7.72. The van der Waals surface area contributed by atoms with Crippen molar-refractivity contribution in [3.8, 4) is 0 Å². The van der Waals surface area contributed by atoms with Gasteiger partial charge in [-0.15, -0.1) is 0 Å². The largest absolute Gasteiger partial charge is 0.368 e. The molecule has 0 spiro atoms. The first-order valence-corrected chi connectivity index (χ1v) is 11.6. The van der Waals surface area contributed by atoms with Crippen LogP contribution in [0.1, 0.15) is 53.8 Å². The van der Waals surface area contributed by atoms with Crippen molar-refractivity contribution < 1.29 is 13.2 Å². The Hall–Kier alpha value is -1.78. The van der Waals surface area contributed by atoms with Gasteiger partial charge < -0.3 is 10.6 Å². The summed E-state index contributed by atoms with van der Waals surface area (Å²) in [6.07, 6.45) is 6.12. The molecule has 2 aliphatic heterocycles. The van der Waals surface area contributed by atoms with Crippen LogP contribution in [0.3, 0.4) is 0 Å². The molecule has 154 valence electrons. The van der Waals surface area contributed by atoms with Gasteiger partial charge in [0.25, 0.3) is 16.1 Å². The molecule has 3 heterocycles. The van der Waals surface area contributed by atoms with Gasteiger partial charge in [0.15, 0.2) is 0 Å². The van der Waals surface area contributed by atoms with Gasteiger partial charge in [0.05, 0.1) is 0 Å². The molecular formula is C18H28N6O3S. The van der Waals surface area contributed by atoms with Crippen LogP contribution in [0.15, 0.2) is 0 Å². The summed E-state index contributed by atoms with van der Waals surface area (Å²) < 4.78 is 28.8. The van der Waals surface area contributed by atoms with Crippen LogP contribution in [-0.2, 0) is 23.1 Å². The van der Waals surface area contributed by atoms with E-state index in [0.29, 0.717) is 51.4 Å². The van der Waals surface area contributed by atoms with Crippen LogP contribution in [-0.4, -0.2) is 77.1 Å². The highest BCUT2D eigenvalue weighted by molar-refractivity contribution is 7.86. The summed E-state index contributed by atoms with van der Waals surface area (Å²) in [5, 5.41) is 0. The zero-order valence-electron chi connectivity index (χ0n) is 16.1. The van der Waals surface area contributed by atoms with Crippen molar-refractivity contribution in [3.63, 3.8) is 0 Å². The number of hydrogen-bond donors (Lipinski definition) is 1. The minimum absolute atomic E-state index is 0.136. The Kier molecular flexibility index (Phi) is 5.52. The number of anilines is 1. The molecule has 0 bridgehead atoms. The predicted octanol–water partition coefficient (Wildman–Crippen LogP) is 0.426. The average Bonchev–Trinajstić information content (AvgIpc) is 3.12. The molecule has 1 aromatic heterocycles. The topological polar surface area (TPSA) is 113 Å². The number of fused-ring (bicyclic) bond motifs is 1. The minimum atomic E-state index is -3.44. The molecule has 0 radical (unpaired) electrons. The molecule has 10 heteroatoms. The molecule has 9 nitrogen and oxygen atoms in total. The van der Waals surface area contributed by atoms with Gasteiger partial charge in [-0.05, 0) is 44.9 Å². The van der Waals surface area contributed by atoms with Gasteiger partial charge in [-0.2, -0.15) is 17.0 Å². The molecule has 0 atom stereocenters. The Morgan fingerprint density at radius 2 is 1.50 bits per heavy atom. The van der Waals surface area contributed by atoms with Crippen LogP contribution in [0, 0.1) is 0 Å². The van der Waals surface area contributed by atoms with Gasteiger partial charge in [0, 0.05) is 50.5 Å². The number of hydrogen-bond acceptors (Lipinski definition) is 6. The molecule has 2 fully saturated rings. The van der Waals surface area contributed by atoms with Crippen LogP contribution in [0.5, 0.6) is 0 Å². The number of nitrogen functional groups attached to an aromatic ring is 1. The fourth-order valence-corrected chi connectivity index (χ4v) is 6.07. The lowest BCUT2D eigenvalue weighted by Crippen LogP contribution is -2.44. The number of aromatic nitrogens is 2. The van der Waals surface area contributed by atoms with Gasteiger partial charge in [0.1, 0.15) is 5.69 Å². The van der Waals surface area contributed by atoms with Crippen molar-refractivity contribution in [1.29, 1.82) is 0 Å². The van der Waals surface area contributed by atoms with E-state index in [1.54, 1.807) is 9.21 Å². The molecule has 2 saturated heterocycles. The molecule has 2 N–H and O–H groups in total. The first-order chi connectivity index (χ1) is 13.5. The van der Waals surface area contributed by atoms with Crippen molar-refractivity contribution in [2.75, 3.05) is 45.0 Å². The third-order valence-electron chi connectivity index (χ3n) is 5.86. The van der Waals surface area contributed by atoms with E-state index in [1.165, 1.54) is 4.31 Å². The standard InChI is InChI=1S/C18H28N6O3S/c19-18-20-15-7-2-1-6-14(15)16(21-18)17(25)22-8-5-11-24(13-12-22)28(26,27)23-9-3-4-10-23/h1-13H2,(H2,19,20,21). The number of amides is 1. The van der Waals surface area contributed by atoms with E-state index in [9.17, 15) is 13.2 Å². The Morgan fingerprint density at radius 1 is 0.821 bits per heavy atom. The maximum Gasteiger partial charge on any atom is 0.282 e. The van der Waals surface area contributed by atoms with Crippen LogP contribution >= 0.6 is 0 Å². The lowest BCUT2D eigenvalue weighted by molar-refractivity contribution is 0.0756. The molecule has 0 saturated carbocycles. The van der Waals surface area contributed by atoms with Crippen LogP contribution in [0.25, 0.3) is 0 Å². The molecule has 4 rings (SSSR count). The predicted molar refractivity (Wildman–Crippen MR) is 105 cm³/mol. The van der Waals surface area contributed by atoms with E-state index < -0.39 is 10.2 Å². The summed E-state index contributed by atoms with van der Waals surface area (Å²) >= 11 is 0. The second-order valence-corrected chi connectivity index (χ2v) is 9.65. The zero-order chi connectivity index (χ0) is 19.7. The summed E-state index contributed by atoms with van der Waals surface area (Å²) in [7, 11) is -3.44. The van der Waals surface area contributed by atoms with E-state index in [4.69, 9.17) is 5.73 Å². The Morgan fingerprint density at radius 3 is 2.29 bits per heavy atom. The first-order valence-electron chi connectivity index (χ1n) is 10.2. The van der Waals surface area contributed by atoms with Gasteiger partial charge in [-0.3, -0.25) is 4.79 Å². The van der Waals surface area contributed by atoms with Crippen molar-refractivity contribution in [2.45, 2.75) is 44.9 Å². The zero-order valence-corrected chi connectivity index (χ0v) is 17.0. The Balaban J connectivity index is 1.50. The number of nitrogens with two attached hydrogens (primary N) is 1. The summed E-state index contributed by atoms with van der Waals surface area (Å²) in [4.78, 5) is 23.5. The van der Waals surface area contributed by atoms with E-state index in [-0.39, 0.29) is 11.9 Å². The molecule has 0 unspecified atom stereocenters. The quantitative estimate of drug-likeness (QED) is 0.776. The second kappa shape index (κ2) is 7.92. The summed E-state index contributed by atoms with van der Waals surface area (Å²) in [5.41, 5.74) is 8.04. The molecule has 28 heavy (non-hydrogen) atoms.